The monoisotopic (exact) mass is 404 g/mol. The van der Waals surface area contributed by atoms with E-state index < -0.39 is 0 Å². The minimum atomic E-state index is -0.383. The molecule has 2 fully saturated rings. The van der Waals surface area contributed by atoms with E-state index in [0.29, 0.717) is 5.13 Å². The fourth-order valence-electron chi connectivity index (χ4n) is 2.67. The highest BCUT2D eigenvalue weighted by Crippen LogP contribution is 2.37. The number of rotatable bonds is 3. The molecule has 1 aromatic carbocycles. The zero-order valence-electron chi connectivity index (χ0n) is 18.4. The largest absolute Gasteiger partial charge is 0.494 e. The van der Waals surface area contributed by atoms with Crippen LogP contribution in [-0.4, -0.2) is 29.2 Å². The van der Waals surface area contributed by atoms with Crippen molar-refractivity contribution in [2.45, 2.75) is 79.4 Å². The van der Waals surface area contributed by atoms with E-state index in [1.54, 1.807) is 0 Å². The van der Waals surface area contributed by atoms with Crippen molar-refractivity contribution < 1.29 is 14.1 Å². The number of nitrogens with one attached hydrogen (secondary N) is 1. The van der Waals surface area contributed by atoms with Gasteiger partial charge in [-0.15, -0.1) is 0 Å². The Hall–Kier alpha value is -1.44. The zero-order chi connectivity index (χ0) is 21.1. The van der Waals surface area contributed by atoms with E-state index in [9.17, 15) is 4.79 Å². The van der Waals surface area contributed by atoms with Gasteiger partial charge in [0.15, 0.2) is 5.13 Å². The van der Waals surface area contributed by atoms with Crippen LogP contribution in [0.4, 0.5) is 5.13 Å². The lowest BCUT2D eigenvalue weighted by Gasteiger charge is -2.32. The molecule has 0 atom stereocenters. The van der Waals surface area contributed by atoms with Crippen LogP contribution in [0.15, 0.2) is 18.2 Å². The molecule has 5 nitrogen and oxygen atoms in total. The fraction of sp³-hybridized carbons (Fsp3) is 0.619. The molecule has 1 aromatic heterocycles. The second kappa shape index (κ2) is 8.93. The summed E-state index contributed by atoms with van der Waals surface area (Å²) in [5, 5.41) is 3.57. The second-order valence-electron chi connectivity index (χ2n) is 7.60. The Balaban J connectivity index is 0.000000660. The molecule has 1 N–H and O–H groups in total. The third-order valence-electron chi connectivity index (χ3n) is 5.12. The van der Waals surface area contributed by atoms with Gasteiger partial charge in [-0.05, 0) is 58.1 Å². The van der Waals surface area contributed by atoms with Gasteiger partial charge in [-0.3, -0.25) is 4.79 Å². The fourth-order valence-corrected chi connectivity index (χ4v) is 3.59. The molecule has 2 aromatic rings. The number of aromatic nitrogens is 1. The van der Waals surface area contributed by atoms with Crippen molar-refractivity contribution in [3.63, 3.8) is 0 Å². The molecule has 0 bridgehead atoms. The first-order valence-electron chi connectivity index (χ1n) is 10.3. The van der Waals surface area contributed by atoms with Crippen LogP contribution >= 0.6 is 11.3 Å². The van der Waals surface area contributed by atoms with E-state index in [2.05, 4.69) is 10.3 Å². The highest BCUT2D eigenvalue weighted by Gasteiger charge is 2.51. The summed E-state index contributed by atoms with van der Waals surface area (Å²) in [6.07, 6.45) is 1.98. The molecule has 1 aliphatic carbocycles. The normalized spacial score (nSPS) is 19.4. The van der Waals surface area contributed by atoms with E-state index in [0.717, 1.165) is 28.5 Å². The first-order valence-corrected chi connectivity index (χ1v) is 11.1. The topological polar surface area (TPSA) is 60.5 Å². The molecule has 7 heteroatoms. The van der Waals surface area contributed by atoms with Gasteiger partial charge < -0.3 is 14.6 Å². The predicted octanol–water partition coefficient (Wildman–Crippen LogP) is 5.00. The molecule has 1 aliphatic heterocycles. The number of nitrogens with zero attached hydrogens (tertiary/aromatic N) is 1. The summed E-state index contributed by atoms with van der Waals surface area (Å²) in [6, 6.07) is 5.98. The van der Waals surface area contributed by atoms with Crippen molar-refractivity contribution in [3.05, 3.63) is 18.2 Å². The van der Waals surface area contributed by atoms with Crippen molar-refractivity contribution in [1.29, 1.82) is 0 Å². The van der Waals surface area contributed by atoms with Crippen molar-refractivity contribution in [3.8, 4) is 0 Å². The lowest BCUT2D eigenvalue weighted by molar-refractivity contribution is -0.117. The average molecular weight is 404 g/mol. The van der Waals surface area contributed by atoms with Crippen LogP contribution in [0, 0.1) is 5.92 Å². The summed E-state index contributed by atoms with van der Waals surface area (Å²) in [5.74, 6) is 0.262. The molecule has 1 amide bonds. The van der Waals surface area contributed by atoms with Crippen LogP contribution in [0.25, 0.3) is 10.2 Å². The number of anilines is 1. The molecule has 1 saturated carbocycles. The number of amides is 1. The van der Waals surface area contributed by atoms with E-state index in [4.69, 9.17) is 9.31 Å². The Morgan fingerprint density at radius 2 is 1.68 bits per heavy atom. The maximum Gasteiger partial charge on any atom is 0.494 e. The molecule has 0 spiro atoms. The number of hydrogen-bond acceptors (Lipinski definition) is 5. The highest BCUT2D eigenvalue weighted by molar-refractivity contribution is 7.22. The van der Waals surface area contributed by atoms with Gasteiger partial charge in [0, 0.05) is 5.92 Å². The first kappa shape index (κ1) is 22.8. The number of benzene rings is 1. The Morgan fingerprint density at radius 1 is 1.11 bits per heavy atom. The minimum absolute atomic E-state index is 0.0836. The molecular formula is C21H33BN2O3S. The standard InChI is InChI=1S/C17H21BN2O3S.2C2H6/c1-16(2)17(3,4)23-18(22-16)11-7-8-12-13(9-11)24-15(19-12)20-14(21)10-5-6-10;2*1-2/h7-10H,5-6H2,1-4H3,(H,19,20,21);2*1-2H3. The number of hydrogen-bond donors (Lipinski definition) is 1. The van der Waals surface area contributed by atoms with Crippen molar-refractivity contribution in [2.75, 3.05) is 5.32 Å². The van der Waals surface area contributed by atoms with Crippen LogP contribution in [0.3, 0.4) is 0 Å². The van der Waals surface area contributed by atoms with E-state index >= 15 is 0 Å². The first-order chi connectivity index (χ1) is 13.2. The Kier molecular flexibility index (Phi) is 7.29. The van der Waals surface area contributed by atoms with Gasteiger partial charge in [-0.1, -0.05) is 45.1 Å². The van der Waals surface area contributed by atoms with Gasteiger partial charge >= 0.3 is 7.12 Å². The smallest absolute Gasteiger partial charge is 0.399 e. The van der Waals surface area contributed by atoms with Crippen LogP contribution in [-0.2, 0) is 14.1 Å². The second-order valence-corrected chi connectivity index (χ2v) is 8.63. The van der Waals surface area contributed by atoms with Crippen LogP contribution in [0.5, 0.6) is 0 Å². The van der Waals surface area contributed by atoms with E-state index in [-0.39, 0.29) is 30.1 Å². The molecule has 4 rings (SSSR count). The van der Waals surface area contributed by atoms with Gasteiger partial charge in [-0.25, -0.2) is 4.98 Å². The predicted molar refractivity (Wildman–Crippen MR) is 119 cm³/mol. The van der Waals surface area contributed by atoms with E-state index in [1.165, 1.54) is 11.3 Å². The molecule has 0 radical (unpaired) electrons. The Morgan fingerprint density at radius 3 is 2.21 bits per heavy atom. The number of fused-ring (bicyclic) bond motifs is 1. The highest BCUT2D eigenvalue weighted by atomic mass is 32.1. The van der Waals surface area contributed by atoms with Gasteiger partial charge in [0.25, 0.3) is 0 Å². The third kappa shape index (κ3) is 4.75. The number of carbonyl (C=O) groups excluding carboxylic acids is 1. The summed E-state index contributed by atoms with van der Waals surface area (Å²) in [5.41, 5.74) is 1.14. The summed E-state index contributed by atoms with van der Waals surface area (Å²) < 4.78 is 13.2. The Labute approximate surface area is 173 Å². The zero-order valence-corrected chi connectivity index (χ0v) is 19.2. The van der Waals surface area contributed by atoms with Gasteiger partial charge in [-0.2, -0.15) is 0 Å². The Bertz CT molecular complexity index is 799. The number of carbonyl (C=O) groups is 1. The maximum absolute atomic E-state index is 11.9. The molecule has 154 valence electrons. The quantitative estimate of drug-likeness (QED) is 0.732. The lowest BCUT2D eigenvalue weighted by Crippen LogP contribution is -2.41. The van der Waals surface area contributed by atoms with Crippen LogP contribution < -0.4 is 10.8 Å². The summed E-state index contributed by atoms with van der Waals surface area (Å²) in [7, 11) is -0.383. The average Bonchev–Trinajstić information content (AvgIpc) is 3.39. The lowest BCUT2D eigenvalue weighted by atomic mass is 9.79. The molecule has 28 heavy (non-hydrogen) atoms. The summed E-state index contributed by atoms with van der Waals surface area (Å²) in [6.45, 7) is 16.2. The summed E-state index contributed by atoms with van der Waals surface area (Å²) >= 11 is 1.49. The molecule has 1 saturated heterocycles. The van der Waals surface area contributed by atoms with Gasteiger partial charge in [0.2, 0.25) is 5.91 Å². The van der Waals surface area contributed by atoms with Gasteiger partial charge in [0.1, 0.15) is 0 Å². The minimum Gasteiger partial charge on any atom is -0.399 e. The summed E-state index contributed by atoms with van der Waals surface area (Å²) in [4.78, 5) is 16.4. The maximum atomic E-state index is 11.9. The number of thiazole rings is 1. The third-order valence-corrected chi connectivity index (χ3v) is 6.05. The SMILES string of the molecule is CC.CC.CC1(C)OB(c2ccc3nc(NC(=O)C4CC4)sc3c2)OC1(C)C. The van der Waals surface area contributed by atoms with Crippen molar-refractivity contribution in [2.24, 2.45) is 5.92 Å². The molecule has 2 aliphatic rings. The van der Waals surface area contributed by atoms with Crippen LogP contribution in [0.2, 0.25) is 0 Å². The van der Waals surface area contributed by atoms with Gasteiger partial charge in [0.05, 0.1) is 21.4 Å². The van der Waals surface area contributed by atoms with Crippen molar-refractivity contribution in [1.82, 2.24) is 4.98 Å². The van der Waals surface area contributed by atoms with E-state index in [1.807, 2.05) is 73.6 Å². The molecular weight excluding hydrogens is 371 g/mol. The molecule has 0 unspecified atom stereocenters. The van der Waals surface area contributed by atoms with Crippen molar-refractivity contribution >= 4 is 45.2 Å². The molecule has 2 heterocycles. The van der Waals surface area contributed by atoms with Crippen LogP contribution in [0.1, 0.15) is 68.2 Å².